The quantitative estimate of drug-likeness (QED) is 0.822. The van der Waals surface area contributed by atoms with Crippen LogP contribution in [0, 0.1) is 0 Å². The van der Waals surface area contributed by atoms with E-state index < -0.39 is 0 Å². The highest BCUT2D eigenvalue weighted by Crippen LogP contribution is 2.18. The van der Waals surface area contributed by atoms with Crippen molar-refractivity contribution >= 4 is 12.4 Å². The Balaban J connectivity index is 0.000000980. The molecule has 1 saturated heterocycles. The lowest BCUT2D eigenvalue weighted by Crippen LogP contribution is -2.34. The van der Waals surface area contributed by atoms with Crippen molar-refractivity contribution in [1.29, 1.82) is 0 Å². The van der Waals surface area contributed by atoms with Gasteiger partial charge in [-0.3, -0.25) is 4.90 Å². The van der Waals surface area contributed by atoms with E-state index >= 15 is 0 Å². The Labute approximate surface area is 89.8 Å². The van der Waals surface area contributed by atoms with Crippen molar-refractivity contribution in [2.75, 3.05) is 13.1 Å². The van der Waals surface area contributed by atoms with Crippen molar-refractivity contribution in [2.24, 2.45) is 5.73 Å². The third-order valence-electron chi connectivity index (χ3n) is 2.63. The summed E-state index contributed by atoms with van der Waals surface area (Å²) in [6.45, 7) is 2.75. The Morgan fingerprint density at radius 3 is 3.14 bits per heavy atom. The van der Waals surface area contributed by atoms with Crippen molar-refractivity contribution in [3.8, 4) is 0 Å². The van der Waals surface area contributed by atoms with Crippen LogP contribution in [0.15, 0.2) is 16.9 Å². The number of likely N-dealkylation sites (tertiary alicyclic amines) is 1. The zero-order valence-corrected chi connectivity index (χ0v) is 8.87. The Bertz CT molecular complexity index is 253. The van der Waals surface area contributed by atoms with Gasteiger partial charge in [0.2, 0.25) is 0 Å². The minimum absolute atomic E-state index is 0. The van der Waals surface area contributed by atoms with Gasteiger partial charge < -0.3 is 10.3 Å². The van der Waals surface area contributed by atoms with Crippen molar-refractivity contribution in [1.82, 2.24) is 10.1 Å². The molecule has 2 heterocycles. The summed E-state index contributed by atoms with van der Waals surface area (Å²) in [5.41, 5.74) is 6.67. The van der Waals surface area contributed by atoms with Gasteiger partial charge in [0.15, 0.2) is 0 Å². The van der Waals surface area contributed by atoms with Crippen LogP contribution in [0.2, 0.25) is 0 Å². The molecule has 1 aliphatic rings. The molecular weight excluding hydrogens is 202 g/mol. The van der Waals surface area contributed by atoms with E-state index in [0.29, 0.717) is 6.04 Å². The second kappa shape index (κ2) is 5.34. The highest BCUT2D eigenvalue weighted by atomic mass is 35.5. The van der Waals surface area contributed by atoms with Crippen LogP contribution in [0.1, 0.15) is 18.5 Å². The van der Waals surface area contributed by atoms with Gasteiger partial charge in [-0.25, -0.2) is 0 Å². The number of hydrogen-bond donors (Lipinski definition) is 1. The molecule has 0 spiro atoms. The van der Waals surface area contributed by atoms with Gasteiger partial charge in [0, 0.05) is 25.2 Å². The lowest BCUT2D eigenvalue weighted by molar-refractivity contribution is 0.242. The minimum atomic E-state index is 0. The summed E-state index contributed by atoms with van der Waals surface area (Å²) in [5.74, 6) is 0. The summed E-state index contributed by atoms with van der Waals surface area (Å²) in [6, 6.07) is 2.45. The number of nitrogens with two attached hydrogens (primary N) is 1. The van der Waals surface area contributed by atoms with Gasteiger partial charge in [-0.2, -0.15) is 0 Å². The molecule has 14 heavy (non-hydrogen) atoms. The molecule has 0 saturated carbocycles. The van der Waals surface area contributed by atoms with Crippen molar-refractivity contribution in [3.63, 3.8) is 0 Å². The second-order valence-corrected chi connectivity index (χ2v) is 3.49. The number of nitrogens with zero attached hydrogens (tertiary/aromatic N) is 2. The molecule has 0 amide bonds. The van der Waals surface area contributed by atoms with Gasteiger partial charge >= 0.3 is 0 Å². The summed E-state index contributed by atoms with van der Waals surface area (Å²) in [5, 5.41) is 3.89. The summed E-state index contributed by atoms with van der Waals surface area (Å²) < 4.78 is 4.79. The maximum Gasteiger partial charge on any atom is 0.124 e. The van der Waals surface area contributed by atoms with Gasteiger partial charge in [0.25, 0.3) is 0 Å². The lowest BCUT2D eigenvalue weighted by atomic mass is 10.2. The third-order valence-corrected chi connectivity index (χ3v) is 2.63. The summed E-state index contributed by atoms with van der Waals surface area (Å²) in [7, 11) is 0. The molecule has 1 atom stereocenters. The molecule has 1 aromatic rings. The first-order valence-electron chi connectivity index (χ1n) is 4.73. The zero-order valence-electron chi connectivity index (χ0n) is 8.06. The highest BCUT2D eigenvalue weighted by Gasteiger charge is 2.23. The van der Waals surface area contributed by atoms with E-state index in [1.807, 2.05) is 6.07 Å². The van der Waals surface area contributed by atoms with Gasteiger partial charge in [-0.05, 0) is 19.4 Å². The number of rotatable bonds is 3. The van der Waals surface area contributed by atoms with Gasteiger partial charge in [0.1, 0.15) is 6.26 Å². The van der Waals surface area contributed by atoms with Gasteiger partial charge in [-0.1, -0.05) is 5.16 Å². The van der Waals surface area contributed by atoms with Gasteiger partial charge in [-0.15, -0.1) is 12.4 Å². The summed E-state index contributed by atoms with van der Waals surface area (Å²) >= 11 is 0. The molecule has 4 nitrogen and oxygen atoms in total. The fourth-order valence-electron chi connectivity index (χ4n) is 1.90. The van der Waals surface area contributed by atoms with Crippen LogP contribution in [-0.2, 0) is 6.54 Å². The number of hydrogen-bond acceptors (Lipinski definition) is 4. The molecule has 0 aliphatic carbocycles. The largest absolute Gasteiger partial charge is 0.364 e. The molecule has 5 heteroatoms. The maximum atomic E-state index is 5.67. The topological polar surface area (TPSA) is 55.3 Å². The second-order valence-electron chi connectivity index (χ2n) is 3.49. The molecule has 1 fully saturated rings. The molecular formula is C9H16ClN3O. The molecule has 0 radical (unpaired) electrons. The van der Waals surface area contributed by atoms with Crippen LogP contribution >= 0.6 is 12.4 Å². The van der Waals surface area contributed by atoms with Crippen LogP contribution in [0.25, 0.3) is 0 Å². The fraction of sp³-hybridized carbons (Fsp3) is 0.667. The van der Waals surface area contributed by atoms with Crippen molar-refractivity contribution in [3.05, 3.63) is 18.0 Å². The van der Waals surface area contributed by atoms with E-state index in [1.54, 1.807) is 6.26 Å². The SMILES string of the molecule is Cl.NCC1CCCN1Cc1ccon1. The zero-order chi connectivity index (χ0) is 9.10. The van der Waals surface area contributed by atoms with Crippen LogP contribution in [-0.4, -0.2) is 29.2 Å². The van der Waals surface area contributed by atoms with Crippen LogP contribution < -0.4 is 5.73 Å². The Morgan fingerprint density at radius 1 is 1.64 bits per heavy atom. The summed E-state index contributed by atoms with van der Waals surface area (Å²) in [6.07, 6.45) is 4.08. The standard InChI is InChI=1S/C9H15N3O.ClH/c10-6-9-2-1-4-12(9)7-8-3-5-13-11-8;/h3,5,9H,1-2,4,6-7,10H2;1H. The molecule has 1 aromatic heterocycles. The Morgan fingerprint density at radius 2 is 2.50 bits per heavy atom. The number of halogens is 1. The Kier molecular flexibility index (Phi) is 4.38. The van der Waals surface area contributed by atoms with E-state index in [-0.39, 0.29) is 12.4 Å². The third kappa shape index (κ3) is 2.47. The lowest BCUT2D eigenvalue weighted by Gasteiger charge is -2.21. The molecule has 1 unspecified atom stereocenters. The molecule has 80 valence electrons. The normalized spacial score (nSPS) is 22.2. The monoisotopic (exact) mass is 217 g/mol. The van der Waals surface area contributed by atoms with E-state index in [1.165, 1.54) is 12.8 Å². The first kappa shape index (κ1) is 11.5. The first-order valence-corrected chi connectivity index (χ1v) is 4.73. The van der Waals surface area contributed by atoms with E-state index in [4.69, 9.17) is 10.3 Å². The molecule has 0 aromatic carbocycles. The molecule has 1 aliphatic heterocycles. The van der Waals surface area contributed by atoms with Gasteiger partial charge in [0.05, 0.1) is 5.69 Å². The molecule has 0 bridgehead atoms. The Hall–Kier alpha value is -0.580. The summed E-state index contributed by atoms with van der Waals surface area (Å²) in [4.78, 5) is 2.37. The van der Waals surface area contributed by atoms with E-state index in [2.05, 4.69) is 10.1 Å². The fourth-order valence-corrected chi connectivity index (χ4v) is 1.90. The predicted molar refractivity (Wildman–Crippen MR) is 56.2 cm³/mol. The van der Waals surface area contributed by atoms with Crippen LogP contribution in [0.3, 0.4) is 0 Å². The average Bonchev–Trinajstić information content (AvgIpc) is 2.76. The van der Waals surface area contributed by atoms with Crippen molar-refractivity contribution < 1.29 is 4.52 Å². The highest BCUT2D eigenvalue weighted by molar-refractivity contribution is 5.85. The maximum absolute atomic E-state index is 5.67. The smallest absolute Gasteiger partial charge is 0.124 e. The minimum Gasteiger partial charge on any atom is -0.364 e. The van der Waals surface area contributed by atoms with Crippen LogP contribution in [0.5, 0.6) is 0 Å². The number of aromatic nitrogens is 1. The molecule has 2 rings (SSSR count). The predicted octanol–water partition coefficient (Wildman–Crippen LogP) is 1.02. The van der Waals surface area contributed by atoms with E-state index in [0.717, 1.165) is 25.3 Å². The first-order chi connectivity index (χ1) is 6.40. The van der Waals surface area contributed by atoms with Crippen LogP contribution in [0.4, 0.5) is 0 Å². The molecule has 2 N–H and O–H groups in total. The van der Waals surface area contributed by atoms with E-state index in [9.17, 15) is 0 Å². The van der Waals surface area contributed by atoms with Crippen molar-refractivity contribution in [2.45, 2.75) is 25.4 Å². The average molecular weight is 218 g/mol.